The van der Waals surface area contributed by atoms with Crippen molar-refractivity contribution >= 4 is 11.6 Å². The van der Waals surface area contributed by atoms with Gasteiger partial charge in [-0.25, -0.2) is 0 Å². The molecule has 1 amide bonds. The zero-order valence-corrected chi connectivity index (χ0v) is 15.3. The van der Waals surface area contributed by atoms with Crippen LogP contribution in [0.2, 0.25) is 0 Å². The van der Waals surface area contributed by atoms with Gasteiger partial charge in [-0.1, -0.05) is 0 Å². The van der Waals surface area contributed by atoms with Crippen molar-refractivity contribution in [2.75, 3.05) is 5.32 Å². The first-order valence-electron chi connectivity index (χ1n) is 9.64. The number of hydrogen-bond donors (Lipinski definition) is 2. The minimum Gasteiger partial charge on any atom is -0.406 e. The van der Waals surface area contributed by atoms with Crippen LogP contribution >= 0.6 is 0 Å². The second-order valence-corrected chi connectivity index (χ2v) is 8.63. The maximum Gasteiger partial charge on any atom is 0.573 e. The normalized spacial score (nSPS) is 33.0. The molecule has 0 saturated heterocycles. The van der Waals surface area contributed by atoms with Crippen molar-refractivity contribution in [2.24, 2.45) is 17.8 Å². The molecule has 0 heterocycles. The van der Waals surface area contributed by atoms with Crippen molar-refractivity contribution < 1.29 is 22.7 Å². The van der Waals surface area contributed by atoms with Crippen LogP contribution in [0, 0.1) is 17.8 Å². The topological polar surface area (TPSA) is 50.4 Å². The van der Waals surface area contributed by atoms with Gasteiger partial charge < -0.3 is 15.4 Å². The molecular weight excluding hydrogens is 357 g/mol. The Kier molecular flexibility index (Phi) is 4.61. The molecule has 1 aromatic rings. The Hall–Kier alpha value is -1.76. The second-order valence-electron chi connectivity index (χ2n) is 8.63. The Morgan fingerprint density at radius 1 is 1.07 bits per heavy atom. The van der Waals surface area contributed by atoms with E-state index in [1.165, 1.54) is 43.5 Å². The van der Waals surface area contributed by atoms with Crippen LogP contribution < -0.4 is 15.4 Å². The summed E-state index contributed by atoms with van der Waals surface area (Å²) >= 11 is 0. The van der Waals surface area contributed by atoms with E-state index in [-0.39, 0.29) is 23.2 Å². The van der Waals surface area contributed by atoms with Crippen molar-refractivity contribution in [2.45, 2.75) is 63.4 Å². The number of alkyl halides is 3. The van der Waals surface area contributed by atoms with Crippen LogP contribution in [0.25, 0.3) is 0 Å². The Morgan fingerprint density at radius 2 is 1.59 bits per heavy atom. The van der Waals surface area contributed by atoms with Gasteiger partial charge in [0.2, 0.25) is 5.91 Å². The van der Waals surface area contributed by atoms with Crippen LogP contribution in [0.4, 0.5) is 18.9 Å². The number of carbonyl (C=O) groups is 1. The number of halogens is 3. The van der Waals surface area contributed by atoms with E-state index in [1.54, 1.807) is 0 Å². The summed E-state index contributed by atoms with van der Waals surface area (Å²) in [5, 5.41) is 6.38. The van der Waals surface area contributed by atoms with Crippen LogP contribution in [0.5, 0.6) is 5.75 Å². The molecule has 4 nitrogen and oxygen atoms in total. The second kappa shape index (κ2) is 6.69. The summed E-state index contributed by atoms with van der Waals surface area (Å²) < 4.78 is 40.5. The lowest BCUT2D eigenvalue weighted by Gasteiger charge is -2.57. The van der Waals surface area contributed by atoms with Crippen molar-refractivity contribution in [3.63, 3.8) is 0 Å². The van der Waals surface area contributed by atoms with E-state index < -0.39 is 6.36 Å². The fraction of sp³-hybridized carbons (Fsp3) is 0.650. The summed E-state index contributed by atoms with van der Waals surface area (Å²) in [6.45, 7) is 1.86. The molecule has 2 N–H and O–H groups in total. The van der Waals surface area contributed by atoms with E-state index in [9.17, 15) is 18.0 Å². The first kappa shape index (κ1) is 18.6. The molecule has 4 fully saturated rings. The molecule has 4 aliphatic rings. The van der Waals surface area contributed by atoms with E-state index in [2.05, 4.69) is 15.4 Å². The van der Waals surface area contributed by atoms with E-state index in [0.717, 1.165) is 37.0 Å². The summed E-state index contributed by atoms with van der Waals surface area (Å²) in [6, 6.07) is 4.86. The van der Waals surface area contributed by atoms with Gasteiger partial charge in [0.25, 0.3) is 0 Å². The third-order valence-electron chi connectivity index (χ3n) is 6.31. The summed E-state index contributed by atoms with van der Waals surface area (Å²) in [6.07, 6.45) is 2.76. The summed E-state index contributed by atoms with van der Waals surface area (Å²) in [5.41, 5.74) is 0.532. The van der Waals surface area contributed by atoms with Gasteiger partial charge in [-0.05, 0) is 87.5 Å². The van der Waals surface area contributed by atoms with E-state index in [1.807, 2.05) is 6.92 Å². The molecule has 148 valence electrons. The van der Waals surface area contributed by atoms with Gasteiger partial charge in [0, 0.05) is 11.2 Å². The molecule has 5 rings (SSSR count). The highest BCUT2D eigenvalue weighted by molar-refractivity contribution is 5.94. The molecule has 1 aromatic carbocycles. The molecule has 4 bridgehead atoms. The first-order chi connectivity index (χ1) is 12.7. The molecule has 0 aliphatic heterocycles. The number of hydrogen-bond acceptors (Lipinski definition) is 3. The molecule has 7 heteroatoms. The number of amides is 1. The molecule has 0 unspecified atom stereocenters. The van der Waals surface area contributed by atoms with Crippen molar-refractivity contribution in [1.29, 1.82) is 0 Å². The lowest BCUT2D eigenvalue weighted by atomic mass is 9.53. The quantitative estimate of drug-likeness (QED) is 0.790. The lowest BCUT2D eigenvalue weighted by molar-refractivity contribution is -0.274. The minimum atomic E-state index is -4.72. The first-order valence-corrected chi connectivity index (χ1v) is 9.64. The molecular formula is C20H25F3N2O2. The lowest BCUT2D eigenvalue weighted by Crippen LogP contribution is -2.62. The monoisotopic (exact) mass is 382 g/mol. The van der Waals surface area contributed by atoms with Gasteiger partial charge in [0.1, 0.15) is 5.75 Å². The van der Waals surface area contributed by atoms with Gasteiger partial charge >= 0.3 is 6.36 Å². The molecule has 1 atom stereocenters. The maximum atomic E-state index is 12.6. The Balaban J connectivity index is 1.34. The van der Waals surface area contributed by atoms with E-state index in [0.29, 0.717) is 5.69 Å². The Bertz CT molecular complexity index is 667. The molecule has 4 aliphatic carbocycles. The number of carbonyl (C=O) groups excluding carboxylic acids is 1. The third kappa shape index (κ3) is 4.23. The zero-order chi connectivity index (χ0) is 19.2. The Morgan fingerprint density at radius 3 is 2.07 bits per heavy atom. The highest BCUT2D eigenvalue weighted by atomic mass is 19.4. The largest absolute Gasteiger partial charge is 0.573 e. The van der Waals surface area contributed by atoms with Crippen LogP contribution in [-0.2, 0) is 4.79 Å². The smallest absolute Gasteiger partial charge is 0.406 e. The van der Waals surface area contributed by atoms with Crippen LogP contribution in [0.1, 0.15) is 45.4 Å². The summed E-state index contributed by atoms with van der Waals surface area (Å²) in [4.78, 5) is 12.6. The maximum absolute atomic E-state index is 12.6. The summed E-state index contributed by atoms with van der Waals surface area (Å²) in [7, 11) is 0. The molecule has 4 saturated carbocycles. The van der Waals surface area contributed by atoms with Crippen LogP contribution in [-0.4, -0.2) is 23.9 Å². The molecule has 0 radical (unpaired) electrons. The number of rotatable bonds is 5. The van der Waals surface area contributed by atoms with Gasteiger partial charge in [-0.3, -0.25) is 4.79 Å². The SMILES string of the molecule is C[C@H](NC12CC3CC(CC(C3)C1)C2)C(=O)Nc1ccc(OC(F)(F)F)cc1. The average molecular weight is 382 g/mol. The fourth-order valence-electron chi connectivity index (χ4n) is 5.80. The van der Waals surface area contributed by atoms with Gasteiger partial charge in [-0.15, -0.1) is 13.2 Å². The van der Waals surface area contributed by atoms with E-state index in [4.69, 9.17) is 0 Å². The molecule has 0 spiro atoms. The standard InChI is InChI=1S/C20H25F3N2O2/c1-12(25-19-9-13-6-14(10-19)8-15(7-13)11-19)18(26)24-16-2-4-17(5-3-16)27-20(21,22)23/h2-5,12-15,25H,6-11H2,1H3,(H,24,26)/t12-,13?,14?,15?,19?/m0/s1. The highest BCUT2D eigenvalue weighted by Crippen LogP contribution is 2.55. The third-order valence-corrected chi connectivity index (χ3v) is 6.31. The predicted octanol–water partition coefficient (Wildman–Crippen LogP) is 4.47. The van der Waals surface area contributed by atoms with Gasteiger partial charge in [0.05, 0.1) is 6.04 Å². The van der Waals surface area contributed by atoms with Crippen LogP contribution in [0.3, 0.4) is 0 Å². The highest BCUT2D eigenvalue weighted by Gasteiger charge is 2.51. The fourth-order valence-corrected chi connectivity index (χ4v) is 5.80. The molecule has 27 heavy (non-hydrogen) atoms. The number of nitrogens with one attached hydrogen (secondary N) is 2. The van der Waals surface area contributed by atoms with Crippen LogP contribution in [0.15, 0.2) is 24.3 Å². The summed E-state index contributed by atoms with van der Waals surface area (Å²) in [5.74, 6) is 1.90. The van der Waals surface area contributed by atoms with Crippen molar-refractivity contribution in [3.05, 3.63) is 24.3 Å². The average Bonchev–Trinajstić information content (AvgIpc) is 2.53. The molecule has 0 aromatic heterocycles. The zero-order valence-electron chi connectivity index (χ0n) is 15.3. The number of benzene rings is 1. The number of ether oxygens (including phenoxy) is 1. The van der Waals surface area contributed by atoms with Gasteiger partial charge in [-0.2, -0.15) is 0 Å². The van der Waals surface area contributed by atoms with Gasteiger partial charge in [0.15, 0.2) is 0 Å². The minimum absolute atomic E-state index is 0.0793. The number of anilines is 1. The van der Waals surface area contributed by atoms with Crippen molar-refractivity contribution in [1.82, 2.24) is 5.32 Å². The predicted molar refractivity (Wildman–Crippen MR) is 95.3 cm³/mol. The Labute approximate surface area is 156 Å². The van der Waals surface area contributed by atoms with Crippen molar-refractivity contribution in [3.8, 4) is 5.75 Å². The van der Waals surface area contributed by atoms with E-state index >= 15 is 0 Å².